The first-order chi connectivity index (χ1) is 10.6. The van der Waals surface area contributed by atoms with Crippen LogP contribution in [-0.4, -0.2) is 52.3 Å². The fourth-order valence-electron chi connectivity index (χ4n) is 3.31. The highest BCUT2D eigenvalue weighted by molar-refractivity contribution is 5.96. The van der Waals surface area contributed by atoms with Gasteiger partial charge in [0.25, 0.3) is 5.91 Å². The summed E-state index contributed by atoms with van der Waals surface area (Å²) in [6.45, 7) is 4.14. The molecule has 1 aromatic heterocycles. The number of nitrogens with zero attached hydrogens (tertiary/aromatic N) is 3. The summed E-state index contributed by atoms with van der Waals surface area (Å²) in [7, 11) is 0. The number of hydrogen-bond acceptors (Lipinski definition) is 4. The van der Waals surface area contributed by atoms with Gasteiger partial charge in [0.2, 0.25) is 5.91 Å². The summed E-state index contributed by atoms with van der Waals surface area (Å²) < 4.78 is 0. The summed E-state index contributed by atoms with van der Waals surface area (Å²) in [4.78, 5) is 32.1. The van der Waals surface area contributed by atoms with Crippen molar-refractivity contribution in [3.05, 3.63) is 29.1 Å². The smallest absolute Gasteiger partial charge is 0.255 e. The lowest BCUT2D eigenvalue weighted by Crippen LogP contribution is -2.46. The van der Waals surface area contributed by atoms with Crippen LogP contribution in [0.5, 0.6) is 0 Å². The van der Waals surface area contributed by atoms with E-state index in [1.54, 1.807) is 24.2 Å². The van der Waals surface area contributed by atoms with Crippen LogP contribution in [0.15, 0.2) is 12.4 Å². The highest BCUT2D eigenvalue weighted by Gasteiger charge is 2.27. The Morgan fingerprint density at radius 1 is 1.27 bits per heavy atom. The molecule has 118 valence electrons. The van der Waals surface area contributed by atoms with Crippen molar-refractivity contribution < 1.29 is 9.59 Å². The molecule has 6 heteroatoms. The van der Waals surface area contributed by atoms with Gasteiger partial charge in [0.15, 0.2) is 0 Å². The van der Waals surface area contributed by atoms with Crippen molar-refractivity contribution in [1.82, 2.24) is 14.8 Å². The molecular formula is C16H22N4O2. The molecule has 6 nitrogen and oxygen atoms in total. The molecule has 2 aliphatic heterocycles. The van der Waals surface area contributed by atoms with Gasteiger partial charge in [0, 0.05) is 51.5 Å². The van der Waals surface area contributed by atoms with Crippen LogP contribution in [0, 0.1) is 0 Å². The van der Waals surface area contributed by atoms with Gasteiger partial charge in [-0.05, 0) is 30.4 Å². The molecule has 2 N–H and O–H groups in total. The number of carbonyl (C=O) groups is 2. The second-order valence-corrected chi connectivity index (χ2v) is 6.17. The zero-order valence-electron chi connectivity index (χ0n) is 12.9. The van der Waals surface area contributed by atoms with Crippen molar-refractivity contribution in [3.63, 3.8) is 0 Å². The van der Waals surface area contributed by atoms with Crippen molar-refractivity contribution >= 4 is 11.8 Å². The molecule has 1 unspecified atom stereocenters. The number of amides is 2. The quantitative estimate of drug-likeness (QED) is 0.821. The van der Waals surface area contributed by atoms with E-state index in [-0.39, 0.29) is 17.9 Å². The topological polar surface area (TPSA) is 79.5 Å². The first kappa shape index (κ1) is 15.0. The van der Waals surface area contributed by atoms with Crippen LogP contribution in [0.3, 0.4) is 0 Å². The zero-order chi connectivity index (χ0) is 15.7. The molecule has 0 aromatic carbocycles. The Balaban J connectivity index is 1.85. The van der Waals surface area contributed by atoms with Crippen molar-refractivity contribution in [1.29, 1.82) is 0 Å². The summed E-state index contributed by atoms with van der Waals surface area (Å²) in [5.41, 5.74) is 8.67. The number of piperidine rings is 1. The van der Waals surface area contributed by atoms with Crippen molar-refractivity contribution in [2.24, 2.45) is 5.73 Å². The van der Waals surface area contributed by atoms with Crippen molar-refractivity contribution in [3.8, 4) is 0 Å². The monoisotopic (exact) mass is 302 g/mol. The van der Waals surface area contributed by atoms with Crippen LogP contribution < -0.4 is 5.73 Å². The predicted molar refractivity (Wildman–Crippen MR) is 82.1 cm³/mol. The molecule has 1 saturated heterocycles. The molecule has 0 aliphatic carbocycles. The molecular weight excluding hydrogens is 280 g/mol. The second-order valence-electron chi connectivity index (χ2n) is 6.17. The predicted octanol–water partition coefficient (Wildman–Crippen LogP) is 0.549. The van der Waals surface area contributed by atoms with E-state index in [9.17, 15) is 9.59 Å². The maximum absolute atomic E-state index is 12.8. The minimum Gasteiger partial charge on any atom is -0.338 e. The Morgan fingerprint density at radius 3 is 2.82 bits per heavy atom. The molecule has 1 atom stereocenters. The number of rotatable bonds is 1. The zero-order valence-corrected chi connectivity index (χ0v) is 12.9. The summed E-state index contributed by atoms with van der Waals surface area (Å²) >= 11 is 0. The van der Waals surface area contributed by atoms with E-state index in [4.69, 9.17) is 5.73 Å². The van der Waals surface area contributed by atoms with Crippen LogP contribution in [0.25, 0.3) is 0 Å². The molecule has 2 amide bonds. The Kier molecular flexibility index (Phi) is 4.11. The van der Waals surface area contributed by atoms with E-state index >= 15 is 0 Å². The fraction of sp³-hybridized carbons (Fsp3) is 0.562. The number of nitrogens with two attached hydrogens (primary N) is 1. The minimum absolute atomic E-state index is 0.0239. The van der Waals surface area contributed by atoms with Gasteiger partial charge in [0.1, 0.15) is 0 Å². The minimum atomic E-state index is 0.0239. The van der Waals surface area contributed by atoms with Crippen molar-refractivity contribution in [2.45, 2.75) is 38.8 Å². The number of carbonyl (C=O) groups excluding carboxylic acids is 2. The Bertz CT molecular complexity index is 602. The van der Waals surface area contributed by atoms with Crippen LogP contribution >= 0.6 is 0 Å². The third-order valence-electron chi connectivity index (χ3n) is 4.56. The highest BCUT2D eigenvalue weighted by Crippen LogP contribution is 2.23. The molecule has 3 heterocycles. The maximum atomic E-state index is 12.8. The molecule has 22 heavy (non-hydrogen) atoms. The first-order valence-electron chi connectivity index (χ1n) is 7.82. The van der Waals surface area contributed by atoms with Gasteiger partial charge in [-0.1, -0.05) is 0 Å². The maximum Gasteiger partial charge on any atom is 0.255 e. The summed E-state index contributed by atoms with van der Waals surface area (Å²) in [5, 5.41) is 0. The Morgan fingerprint density at radius 2 is 2.09 bits per heavy atom. The van der Waals surface area contributed by atoms with E-state index in [0.717, 1.165) is 30.5 Å². The van der Waals surface area contributed by atoms with Crippen LogP contribution in [0.4, 0.5) is 0 Å². The van der Waals surface area contributed by atoms with Gasteiger partial charge in [-0.2, -0.15) is 0 Å². The van der Waals surface area contributed by atoms with Crippen LogP contribution in [0.2, 0.25) is 0 Å². The SMILES string of the molecule is CC(=O)N1CCc2c(cncc2C(=O)N2CCCC(N)C2)C1. The number of hydrogen-bond donors (Lipinski definition) is 1. The standard InChI is InChI=1S/C16H22N4O2/c1-11(21)19-6-4-14-12(9-19)7-18-8-15(14)16(22)20-5-2-3-13(17)10-20/h7-8,13H,2-6,9-10,17H2,1H3. The molecule has 3 rings (SSSR count). The molecule has 0 radical (unpaired) electrons. The molecule has 1 aromatic rings. The highest BCUT2D eigenvalue weighted by atomic mass is 16.2. The molecule has 0 spiro atoms. The lowest BCUT2D eigenvalue weighted by molar-refractivity contribution is -0.129. The Hall–Kier alpha value is -1.95. The lowest BCUT2D eigenvalue weighted by Gasteiger charge is -2.33. The fourth-order valence-corrected chi connectivity index (χ4v) is 3.31. The van der Waals surface area contributed by atoms with E-state index < -0.39 is 0 Å². The third kappa shape index (κ3) is 2.83. The van der Waals surface area contributed by atoms with Gasteiger partial charge in [0.05, 0.1) is 5.56 Å². The Labute approximate surface area is 130 Å². The van der Waals surface area contributed by atoms with E-state index in [1.165, 1.54) is 0 Å². The lowest BCUT2D eigenvalue weighted by atomic mass is 9.95. The average Bonchev–Trinajstić information content (AvgIpc) is 2.53. The van der Waals surface area contributed by atoms with Gasteiger partial charge in [-0.25, -0.2) is 0 Å². The summed E-state index contributed by atoms with van der Waals surface area (Å²) in [5.74, 6) is 0.0835. The van der Waals surface area contributed by atoms with Gasteiger partial charge < -0.3 is 15.5 Å². The molecule has 2 aliphatic rings. The van der Waals surface area contributed by atoms with Crippen LogP contribution in [0.1, 0.15) is 41.3 Å². The second kappa shape index (κ2) is 6.04. The number of pyridine rings is 1. The van der Waals surface area contributed by atoms with Gasteiger partial charge >= 0.3 is 0 Å². The number of likely N-dealkylation sites (tertiary alicyclic amines) is 1. The van der Waals surface area contributed by atoms with Gasteiger partial charge in [-0.15, -0.1) is 0 Å². The van der Waals surface area contributed by atoms with E-state index in [1.807, 2.05) is 4.90 Å². The largest absolute Gasteiger partial charge is 0.338 e. The normalized spacial score (nSPS) is 21.5. The van der Waals surface area contributed by atoms with Gasteiger partial charge in [-0.3, -0.25) is 14.6 Å². The molecule has 0 saturated carbocycles. The number of fused-ring (bicyclic) bond motifs is 1. The van der Waals surface area contributed by atoms with Crippen molar-refractivity contribution in [2.75, 3.05) is 19.6 Å². The third-order valence-corrected chi connectivity index (χ3v) is 4.56. The molecule has 1 fully saturated rings. The van der Waals surface area contributed by atoms with E-state index in [0.29, 0.717) is 31.6 Å². The average molecular weight is 302 g/mol. The molecule has 0 bridgehead atoms. The first-order valence-corrected chi connectivity index (χ1v) is 7.82. The number of aromatic nitrogens is 1. The summed E-state index contributed by atoms with van der Waals surface area (Å²) in [6, 6.07) is 0.0680. The van der Waals surface area contributed by atoms with E-state index in [2.05, 4.69) is 4.98 Å². The van der Waals surface area contributed by atoms with Crippen LogP contribution in [-0.2, 0) is 17.8 Å². The summed E-state index contributed by atoms with van der Waals surface area (Å²) in [6.07, 6.45) is 6.06.